The van der Waals surface area contributed by atoms with Crippen molar-refractivity contribution in [1.82, 2.24) is 0 Å². The molecule has 0 spiro atoms. The van der Waals surface area contributed by atoms with Gasteiger partial charge in [0.1, 0.15) is 0 Å². The number of hydrogen-bond acceptors (Lipinski definition) is 1. The molecule has 0 fully saturated rings. The number of nitrogens with two attached hydrogens (primary N) is 1. The van der Waals surface area contributed by atoms with Gasteiger partial charge in [-0.1, -0.05) is 42.5 Å². The lowest BCUT2D eigenvalue weighted by Crippen LogP contribution is -2.27. The normalized spacial score (nSPS) is 18.4. The Kier molecular flexibility index (Phi) is 3.68. The summed E-state index contributed by atoms with van der Waals surface area (Å²) in [6.45, 7) is 0. The molecule has 0 radical (unpaired) electrons. The predicted octanol–water partition coefficient (Wildman–Crippen LogP) is 2.97. The number of para-hydroxylation sites is 1. The fourth-order valence-corrected chi connectivity index (χ4v) is 2.69. The van der Waals surface area contributed by atoms with Crippen LogP contribution in [0.3, 0.4) is 0 Å². The molecule has 102 valence electrons. The highest BCUT2D eigenvalue weighted by Gasteiger charge is 2.17. The zero-order chi connectivity index (χ0) is 13.8. The first-order valence-corrected chi connectivity index (χ1v) is 7.03. The third-order valence-electron chi connectivity index (χ3n) is 3.69. The van der Waals surface area contributed by atoms with E-state index in [9.17, 15) is 0 Å². The molecule has 1 unspecified atom stereocenters. The molecule has 0 heterocycles. The van der Waals surface area contributed by atoms with Crippen LogP contribution in [0.5, 0.6) is 0 Å². The van der Waals surface area contributed by atoms with Gasteiger partial charge in [-0.2, -0.15) is 0 Å². The summed E-state index contributed by atoms with van der Waals surface area (Å²) in [5.41, 5.74) is 9.83. The number of nitrogens with one attached hydrogen (secondary N) is 1. The fourth-order valence-electron chi connectivity index (χ4n) is 2.69. The summed E-state index contributed by atoms with van der Waals surface area (Å²) in [5, 5.41) is 3.14. The Morgan fingerprint density at radius 3 is 2.50 bits per heavy atom. The number of hydrogen-bond donors (Lipinski definition) is 2. The summed E-state index contributed by atoms with van der Waals surface area (Å²) >= 11 is 0. The third-order valence-corrected chi connectivity index (χ3v) is 3.69. The first-order valence-electron chi connectivity index (χ1n) is 7.03. The molecule has 3 heteroatoms. The quantitative estimate of drug-likeness (QED) is 0.648. The second kappa shape index (κ2) is 5.78. The van der Waals surface area contributed by atoms with E-state index in [-0.39, 0.29) is 6.04 Å². The lowest BCUT2D eigenvalue weighted by atomic mass is 9.89. The number of fused-ring (bicyclic) bond motifs is 1. The number of aliphatic imine (C=N–C) groups is 1. The summed E-state index contributed by atoms with van der Waals surface area (Å²) < 4.78 is 0. The van der Waals surface area contributed by atoms with Crippen molar-refractivity contribution in [2.75, 3.05) is 5.32 Å². The summed E-state index contributed by atoms with van der Waals surface area (Å²) in [4.78, 5) is 4.61. The van der Waals surface area contributed by atoms with Gasteiger partial charge in [0.2, 0.25) is 0 Å². The van der Waals surface area contributed by atoms with E-state index in [1.807, 2.05) is 30.3 Å². The molecule has 2 aromatic rings. The zero-order valence-corrected chi connectivity index (χ0v) is 11.4. The van der Waals surface area contributed by atoms with Crippen molar-refractivity contribution in [1.29, 1.82) is 0 Å². The predicted molar refractivity (Wildman–Crippen MR) is 83.9 cm³/mol. The first-order chi connectivity index (χ1) is 9.81. The minimum absolute atomic E-state index is 0.279. The molecule has 0 amide bonds. The average Bonchev–Trinajstić information content (AvgIpc) is 2.48. The van der Waals surface area contributed by atoms with Crippen LogP contribution < -0.4 is 11.1 Å². The van der Waals surface area contributed by atoms with Crippen LogP contribution in [-0.4, -0.2) is 12.0 Å². The average molecular weight is 265 g/mol. The summed E-state index contributed by atoms with van der Waals surface area (Å²) in [7, 11) is 0. The van der Waals surface area contributed by atoms with E-state index in [4.69, 9.17) is 5.73 Å². The van der Waals surface area contributed by atoms with Crippen molar-refractivity contribution in [2.45, 2.75) is 25.3 Å². The highest BCUT2D eigenvalue weighted by molar-refractivity contribution is 5.92. The Morgan fingerprint density at radius 2 is 1.70 bits per heavy atom. The Bertz CT molecular complexity index is 605. The van der Waals surface area contributed by atoms with Gasteiger partial charge in [-0.15, -0.1) is 0 Å². The minimum atomic E-state index is 0.279. The molecule has 1 atom stereocenters. The van der Waals surface area contributed by atoms with Gasteiger partial charge in [0.05, 0.1) is 6.04 Å². The van der Waals surface area contributed by atoms with E-state index in [1.165, 1.54) is 11.1 Å². The minimum Gasteiger partial charge on any atom is -0.370 e. The van der Waals surface area contributed by atoms with Crippen LogP contribution in [0.4, 0.5) is 5.69 Å². The summed E-state index contributed by atoms with van der Waals surface area (Å²) in [5.74, 6) is 0.501. The smallest absolute Gasteiger partial charge is 0.193 e. The van der Waals surface area contributed by atoms with Gasteiger partial charge in [0.25, 0.3) is 0 Å². The molecule has 0 bridgehead atoms. The van der Waals surface area contributed by atoms with E-state index in [2.05, 4.69) is 34.6 Å². The Morgan fingerprint density at radius 1 is 1.00 bits per heavy atom. The fraction of sp³-hybridized carbons (Fsp3) is 0.235. The Balaban J connectivity index is 1.68. The second-order valence-electron chi connectivity index (χ2n) is 5.17. The number of nitrogens with zero attached hydrogens (tertiary/aromatic N) is 1. The summed E-state index contributed by atoms with van der Waals surface area (Å²) in [6.07, 6.45) is 3.13. The number of benzene rings is 2. The third kappa shape index (κ3) is 2.99. The molecule has 3 nitrogen and oxygen atoms in total. The van der Waals surface area contributed by atoms with Crippen LogP contribution in [0.1, 0.15) is 17.5 Å². The van der Waals surface area contributed by atoms with Crippen LogP contribution >= 0.6 is 0 Å². The van der Waals surface area contributed by atoms with Gasteiger partial charge < -0.3 is 11.1 Å². The van der Waals surface area contributed by atoms with Crippen LogP contribution in [0, 0.1) is 0 Å². The van der Waals surface area contributed by atoms with Crippen LogP contribution in [0.15, 0.2) is 59.6 Å². The van der Waals surface area contributed by atoms with E-state index >= 15 is 0 Å². The lowest BCUT2D eigenvalue weighted by molar-refractivity contribution is 0.578. The molecular weight excluding hydrogens is 246 g/mol. The summed E-state index contributed by atoms with van der Waals surface area (Å²) in [6, 6.07) is 18.8. The molecular formula is C17H19N3. The van der Waals surface area contributed by atoms with Gasteiger partial charge in [0.15, 0.2) is 5.96 Å². The van der Waals surface area contributed by atoms with Crippen molar-refractivity contribution >= 4 is 11.6 Å². The SMILES string of the molecule is NC(=NC1CCc2ccccc2C1)Nc1ccccc1. The zero-order valence-electron chi connectivity index (χ0n) is 11.4. The molecule has 3 rings (SSSR count). The van der Waals surface area contributed by atoms with Crippen molar-refractivity contribution in [3.05, 3.63) is 65.7 Å². The topological polar surface area (TPSA) is 50.4 Å². The lowest BCUT2D eigenvalue weighted by Gasteiger charge is -2.22. The number of aryl methyl sites for hydroxylation is 1. The van der Waals surface area contributed by atoms with Gasteiger partial charge >= 0.3 is 0 Å². The molecule has 3 N–H and O–H groups in total. The molecule has 0 saturated heterocycles. The Hall–Kier alpha value is -2.29. The second-order valence-corrected chi connectivity index (χ2v) is 5.17. The monoisotopic (exact) mass is 265 g/mol. The maximum atomic E-state index is 6.00. The maximum absolute atomic E-state index is 6.00. The molecule has 20 heavy (non-hydrogen) atoms. The largest absolute Gasteiger partial charge is 0.370 e. The van der Waals surface area contributed by atoms with Gasteiger partial charge in [-0.3, -0.25) is 0 Å². The van der Waals surface area contributed by atoms with Crippen LogP contribution in [0.2, 0.25) is 0 Å². The first kappa shape index (κ1) is 12.7. The van der Waals surface area contributed by atoms with Gasteiger partial charge in [-0.25, -0.2) is 4.99 Å². The van der Waals surface area contributed by atoms with E-state index < -0.39 is 0 Å². The molecule has 1 aliphatic carbocycles. The highest BCUT2D eigenvalue weighted by Crippen LogP contribution is 2.22. The molecule has 0 aliphatic heterocycles. The van der Waals surface area contributed by atoms with Crippen molar-refractivity contribution in [2.24, 2.45) is 10.7 Å². The van der Waals surface area contributed by atoms with Gasteiger partial charge in [-0.05, 0) is 42.5 Å². The maximum Gasteiger partial charge on any atom is 0.193 e. The highest BCUT2D eigenvalue weighted by atomic mass is 15.1. The van der Waals surface area contributed by atoms with Crippen molar-refractivity contribution in [3.63, 3.8) is 0 Å². The molecule has 2 aromatic carbocycles. The number of guanidine groups is 1. The van der Waals surface area contributed by atoms with E-state index in [0.29, 0.717) is 5.96 Å². The Labute approximate surface area is 119 Å². The van der Waals surface area contributed by atoms with E-state index in [1.54, 1.807) is 0 Å². The molecule has 0 saturated carbocycles. The molecule has 1 aliphatic rings. The van der Waals surface area contributed by atoms with Crippen LogP contribution in [0.25, 0.3) is 0 Å². The molecule has 0 aromatic heterocycles. The van der Waals surface area contributed by atoms with Crippen LogP contribution in [-0.2, 0) is 12.8 Å². The van der Waals surface area contributed by atoms with Gasteiger partial charge in [0, 0.05) is 5.69 Å². The standard InChI is InChI=1S/C17H19N3/c18-17(19-15-8-2-1-3-9-15)20-16-11-10-13-6-4-5-7-14(13)12-16/h1-9,16H,10-12H2,(H3,18,19,20). The number of rotatable bonds is 2. The van der Waals surface area contributed by atoms with E-state index in [0.717, 1.165) is 24.9 Å². The van der Waals surface area contributed by atoms with Crippen molar-refractivity contribution < 1.29 is 0 Å². The number of anilines is 1. The van der Waals surface area contributed by atoms with Crippen molar-refractivity contribution in [3.8, 4) is 0 Å².